The summed E-state index contributed by atoms with van der Waals surface area (Å²) in [7, 11) is 1.50. The van der Waals surface area contributed by atoms with Gasteiger partial charge in [0.25, 0.3) is 5.91 Å². The number of carbonyl (C=O) groups is 2. The summed E-state index contributed by atoms with van der Waals surface area (Å²) < 4.78 is 0. The Balaban J connectivity index is 2.60. The van der Waals surface area contributed by atoms with Gasteiger partial charge in [-0.25, -0.2) is 0 Å². The molecule has 2 amide bonds. The van der Waals surface area contributed by atoms with E-state index in [9.17, 15) is 9.59 Å². The zero-order valence-electron chi connectivity index (χ0n) is 8.78. The Morgan fingerprint density at radius 2 is 1.94 bits per heavy atom. The van der Waals surface area contributed by atoms with Crippen LogP contribution in [0.2, 0.25) is 0 Å². The Hall–Kier alpha value is -2.35. The second-order valence-electron chi connectivity index (χ2n) is 3.05. The molecule has 0 atom stereocenters. The van der Waals surface area contributed by atoms with Crippen molar-refractivity contribution in [2.45, 2.75) is 0 Å². The molecule has 1 aromatic rings. The summed E-state index contributed by atoms with van der Waals surface area (Å²) >= 11 is 0. The summed E-state index contributed by atoms with van der Waals surface area (Å²) in [6.45, 7) is -0.0602. The van der Waals surface area contributed by atoms with E-state index in [1.807, 2.05) is 6.07 Å². The fourth-order valence-corrected chi connectivity index (χ4v) is 1.05. The first kappa shape index (κ1) is 11.7. The number of benzene rings is 1. The van der Waals surface area contributed by atoms with Crippen LogP contribution in [0.5, 0.6) is 0 Å². The first-order valence-electron chi connectivity index (χ1n) is 4.66. The standard InChI is InChI=1S/C11H11N3O2/c1-13-10(15)7-14-11(16)9-4-2-8(6-12)3-5-9/h2-5H,7H2,1H3,(H,13,15)(H,14,16). The molecular weight excluding hydrogens is 206 g/mol. The van der Waals surface area contributed by atoms with Gasteiger partial charge in [0.1, 0.15) is 0 Å². The Kier molecular flexibility index (Phi) is 4.04. The van der Waals surface area contributed by atoms with Crippen LogP contribution in [0.4, 0.5) is 0 Å². The van der Waals surface area contributed by atoms with Crippen molar-refractivity contribution < 1.29 is 9.59 Å². The first-order valence-corrected chi connectivity index (χ1v) is 4.66. The molecule has 0 aliphatic carbocycles. The number of hydrogen-bond donors (Lipinski definition) is 2. The molecular formula is C11H11N3O2. The number of carbonyl (C=O) groups excluding carboxylic acids is 2. The lowest BCUT2D eigenvalue weighted by atomic mass is 10.1. The smallest absolute Gasteiger partial charge is 0.251 e. The van der Waals surface area contributed by atoms with Crippen LogP contribution in [0.3, 0.4) is 0 Å². The molecule has 5 heteroatoms. The number of hydrogen-bond acceptors (Lipinski definition) is 3. The predicted octanol–water partition coefficient (Wildman–Crippen LogP) is 0.0341. The van der Waals surface area contributed by atoms with E-state index in [2.05, 4.69) is 10.6 Å². The maximum absolute atomic E-state index is 11.5. The van der Waals surface area contributed by atoms with E-state index >= 15 is 0 Å². The highest BCUT2D eigenvalue weighted by atomic mass is 16.2. The van der Waals surface area contributed by atoms with Crippen molar-refractivity contribution in [1.29, 1.82) is 5.26 Å². The van der Waals surface area contributed by atoms with Gasteiger partial charge in [0.05, 0.1) is 18.2 Å². The van der Waals surface area contributed by atoms with Gasteiger partial charge in [0, 0.05) is 12.6 Å². The van der Waals surface area contributed by atoms with Gasteiger partial charge < -0.3 is 10.6 Å². The van der Waals surface area contributed by atoms with Crippen molar-refractivity contribution in [3.63, 3.8) is 0 Å². The lowest BCUT2D eigenvalue weighted by Gasteiger charge is -2.03. The average molecular weight is 217 g/mol. The zero-order chi connectivity index (χ0) is 12.0. The van der Waals surface area contributed by atoms with E-state index < -0.39 is 0 Å². The van der Waals surface area contributed by atoms with Crippen molar-refractivity contribution in [2.24, 2.45) is 0 Å². The van der Waals surface area contributed by atoms with Crippen molar-refractivity contribution >= 4 is 11.8 Å². The Bertz CT molecular complexity index is 432. The van der Waals surface area contributed by atoms with Crippen LogP contribution < -0.4 is 10.6 Å². The maximum Gasteiger partial charge on any atom is 0.251 e. The molecule has 0 fully saturated rings. The minimum absolute atomic E-state index is 0.0602. The molecule has 2 N–H and O–H groups in total. The van der Waals surface area contributed by atoms with Gasteiger partial charge in [-0.15, -0.1) is 0 Å². The third kappa shape index (κ3) is 3.10. The van der Waals surface area contributed by atoms with Gasteiger partial charge in [-0.05, 0) is 24.3 Å². The van der Waals surface area contributed by atoms with E-state index in [1.165, 1.54) is 19.2 Å². The molecule has 0 aliphatic heterocycles. The minimum atomic E-state index is -0.340. The van der Waals surface area contributed by atoms with Crippen LogP contribution in [-0.2, 0) is 4.79 Å². The summed E-state index contributed by atoms with van der Waals surface area (Å²) in [6.07, 6.45) is 0. The van der Waals surface area contributed by atoms with Crippen LogP contribution in [0.15, 0.2) is 24.3 Å². The van der Waals surface area contributed by atoms with Gasteiger partial charge in [0.15, 0.2) is 0 Å². The number of nitriles is 1. The fourth-order valence-electron chi connectivity index (χ4n) is 1.05. The quantitative estimate of drug-likeness (QED) is 0.749. The van der Waals surface area contributed by atoms with Crippen molar-refractivity contribution in [1.82, 2.24) is 10.6 Å². The molecule has 16 heavy (non-hydrogen) atoms. The van der Waals surface area contributed by atoms with Gasteiger partial charge in [-0.2, -0.15) is 5.26 Å². The molecule has 1 aromatic carbocycles. The van der Waals surface area contributed by atoms with Crippen molar-refractivity contribution in [3.05, 3.63) is 35.4 Å². The summed E-state index contributed by atoms with van der Waals surface area (Å²) in [6, 6.07) is 8.14. The summed E-state index contributed by atoms with van der Waals surface area (Å²) in [4.78, 5) is 22.4. The van der Waals surface area contributed by atoms with Gasteiger partial charge in [-0.1, -0.05) is 0 Å². The highest BCUT2D eigenvalue weighted by Crippen LogP contribution is 2.02. The topological polar surface area (TPSA) is 82.0 Å². The van der Waals surface area contributed by atoms with E-state index in [4.69, 9.17) is 5.26 Å². The summed E-state index contributed by atoms with van der Waals surface area (Å²) in [5.74, 6) is -0.602. The number of nitrogens with one attached hydrogen (secondary N) is 2. The van der Waals surface area contributed by atoms with Crippen molar-refractivity contribution in [2.75, 3.05) is 13.6 Å². The molecule has 5 nitrogen and oxygen atoms in total. The van der Waals surface area contributed by atoms with Crippen LogP contribution in [-0.4, -0.2) is 25.4 Å². The van der Waals surface area contributed by atoms with Crippen LogP contribution >= 0.6 is 0 Å². The molecule has 0 unspecified atom stereocenters. The number of likely N-dealkylation sites (N-methyl/N-ethyl adjacent to an activating group) is 1. The molecule has 82 valence electrons. The SMILES string of the molecule is CNC(=O)CNC(=O)c1ccc(C#N)cc1. The summed E-state index contributed by atoms with van der Waals surface area (Å²) in [5, 5.41) is 13.4. The molecule has 0 saturated heterocycles. The van der Waals surface area contributed by atoms with Crippen LogP contribution in [0.1, 0.15) is 15.9 Å². The Morgan fingerprint density at radius 3 is 2.44 bits per heavy atom. The second kappa shape index (κ2) is 5.51. The normalized spacial score (nSPS) is 9.00. The molecule has 0 heterocycles. The lowest BCUT2D eigenvalue weighted by Crippen LogP contribution is -2.35. The number of nitrogens with zero attached hydrogens (tertiary/aromatic N) is 1. The van der Waals surface area contributed by atoms with Crippen molar-refractivity contribution in [3.8, 4) is 6.07 Å². The van der Waals surface area contributed by atoms with E-state index in [1.54, 1.807) is 12.1 Å². The van der Waals surface area contributed by atoms with Gasteiger partial charge >= 0.3 is 0 Å². The zero-order valence-corrected chi connectivity index (χ0v) is 8.78. The van der Waals surface area contributed by atoms with E-state index in [-0.39, 0.29) is 18.4 Å². The number of rotatable bonds is 3. The highest BCUT2D eigenvalue weighted by molar-refractivity contribution is 5.96. The third-order valence-corrected chi connectivity index (χ3v) is 1.96. The third-order valence-electron chi connectivity index (χ3n) is 1.96. The Labute approximate surface area is 93.1 Å². The highest BCUT2D eigenvalue weighted by Gasteiger charge is 2.06. The minimum Gasteiger partial charge on any atom is -0.358 e. The first-order chi connectivity index (χ1) is 7.67. The maximum atomic E-state index is 11.5. The van der Waals surface area contributed by atoms with E-state index in [0.717, 1.165) is 0 Å². The molecule has 0 aromatic heterocycles. The predicted molar refractivity (Wildman–Crippen MR) is 57.6 cm³/mol. The molecule has 0 radical (unpaired) electrons. The molecule has 0 aliphatic rings. The second-order valence-corrected chi connectivity index (χ2v) is 3.05. The Morgan fingerprint density at radius 1 is 1.31 bits per heavy atom. The van der Waals surface area contributed by atoms with Gasteiger partial charge in [-0.3, -0.25) is 9.59 Å². The van der Waals surface area contributed by atoms with Crippen LogP contribution in [0, 0.1) is 11.3 Å². The average Bonchev–Trinajstić information content (AvgIpc) is 2.35. The van der Waals surface area contributed by atoms with E-state index in [0.29, 0.717) is 11.1 Å². The molecule has 0 bridgehead atoms. The fraction of sp³-hybridized carbons (Fsp3) is 0.182. The summed E-state index contributed by atoms with van der Waals surface area (Å²) in [5.41, 5.74) is 0.908. The monoisotopic (exact) mass is 217 g/mol. The number of amides is 2. The largest absolute Gasteiger partial charge is 0.358 e. The lowest BCUT2D eigenvalue weighted by molar-refractivity contribution is -0.119. The molecule has 0 saturated carbocycles. The molecule has 0 spiro atoms. The molecule has 1 rings (SSSR count). The van der Waals surface area contributed by atoms with Crippen LogP contribution in [0.25, 0.3) is 0 Å². The van der Waals surface area contributed by atoms with Gasteiger partial charge in [0.2, 0.25) is 5.91 Å².